The van der Waals surface area contributed by atoms with Crippen LogP contribution in [-0.4, -0.2) is 19.0 Å². The highest BCUT2D eigenvalue weighted by molar-refractivity contribution is 6.09. The number of esters is 1. The zero-order valence-corrected chi connectivity index (χ0v) is 13.2. The molecule has 1 aliphatic carbocycles. The molecule has 0 bridgehead atoms. The lowest BCUT2D eigenvalue weighted by Crippen LogP contribution is -2.35. The minimum absolute atomic E-state index is 0.0810. The number of carbonyl (C=O) groups is 2. The van der Waals surface area contributed by atoms with E-state index >= 15 is 0 Å². The van der Waals surface area contributed by atoms with Crippen LogP contribution < -0.4 is 5.32 Å². The van der Waals surface area contributed by atoms with Crippen molar-refractivity contribution in [1.82, 2.24) is 0 Å². The molecule has 4 heteroatoms. The van der Waals surface area contributed by atoms with Crippen molar-refractivity contribution < 1.29 is 14.3 Å². The highest BCUT2D eigenvalue weighted by Gasteiger charge is 2.37. The Kier molecular flexibility index (Phi) is 4.60. The van der Waals surface area contributed by atoms with Crippen molar-refractivity contribution >= 4 is 28.3 Å². The van der Waals surface area contributed by atoms with Crippen molar-refractivity contribution in [2.24, 2.45) is 11.8 Å². The second-order valence-corrected chi connectivity index (χ2v) is 6.06. The number of anilines is 1. The summed E-state index contributed by atoms with van der Waals surface area (Å²) >= 11 is 0. The van der Waals surface area contributed by atoms with Gasteiger partial charge in [-0.15, -0.1) is 0 Å². The Morgan fingerprint density at radius 3 is 2.52 bits per heavy atom. The molecule has 2 aromatic rings. The average Bonchev–Trinajstić information content (AvgIpc) is 3.09. The third-order valence-corrected chi connectivity index (χ3v) is 4.66. The van der Waals surface area contributed by atoms with Crippen LogP contribution in [0.5, 0.6) is 0 Å². The first-order chi connectivity index (χ1) is 11.2. The van der Waals surface area contributed by atoms with Crippen molar-refractivity contribution in [3.8, 4) is 0 Å². The number of benzene rings is 2. The van der Waals surface area contributed by atoms with E-state index in [4.69, 9.17) is 4.74 Å². The van der Waals surface area contributed by atoms with E-state index in [-0.39, 0.29) is 11.8 Å². The topological polar surface area (TPSA) is 55.4 Å². The second-order valence-electron chi connectivity index (χ2n) is 6.06. The van der Waals surface area contributed by atoms with Crippen LogP contribution >= 0.6 is 0 Å². The number of hydrogen-bond acceptors (Lipinski definition) is 3. The Labute approximate surface area is 135 Å². The number of carbonyl (C=O) groups excluding carboxylic acids is 2. The highest BCUT2D eigenvalue weighted by Crippen LogP contribution is 2.33. The van der Waals surface area contributed by atoms with Gasteiger partial charge in [0.25, 0.3) is 0 Å². The van der Waals surface area contributed by atoms with Crippen molar-refractivity contribution in [1.29, 1.82) is 0 Å². The Morgan fingerprint density at radius 2 is 1.78 bits per heavy atom. The number of rotatable bonds is 4. The van der Waals surface area contributed by atoms with Crippen LogP contribution in [0.3, 0.4) is 0 Å². The van der Waals surface area contributed by atoms with E-state index in [1.807, 2.05) is 42.5 Å². The van der Waals surface area contributed by atoms with E-state index < -0.39 is 11.9 Å². The maximum Gasteiger partial charge on any atom is 0.318 e. The number of methoxy groups -OCH3 is 1. The first kappa shape index (κ1) is 15.5. The predicted octanol–water partition coefficient (Wildman–Crippen LogP) is 3.76. The van der Waals surface area contributed by atoms with Crippen LogP contribution in [0, 0.1) is 11.8 Å². The summed E-state index contributed by atoms with van der Waals surface area (Å²) in [4.78, 5) is 24.8. The van der Waals surface area contributed by atoms with Gasteiger partial charge >= 0.3 is 5.97 Å². The molecule has 1 saturated carbocycles. The van der Waals surface area contributed by atoms with Gasteiger partial charge in [-0.3, -0.25) is 9.59 Å². The zero-order valence-electron chi connectivity index (χ0n) is 13.2. The van der Waals surface area contributed by atoms with Gasteiger partial charge in [-0.25, -0.2) is 0 Å². The smallest absolute Gasteiger partial charge is 0.318 e. The van der Waals surface area contributed by atoms with Gasteiger partial charge in [0, 0.05) is 11.1 Å². The molecular weight excluding hydrogens is 290 g/mol. The summed E-state index contributed by atoms with van der Waals surface area (Å²) in [5, 5.41) is 4.96. The van der Waals surface area contributed by atoms with E-state index in [2.05, 4.69) is 5.32 Å². The number of nitrogens with one attached hydrogen (secondary N) is 1. The molecule has 0 aliphatic heterocycles. The summed E-state index contributed by atoms with van der Waals surface area (Å²) in [5.74, 6) is -1.34. The molecule has 0 aromatic heterocycles. The Hall–Kier alpha value is -2.36. The van der Waals surface area contributed by atoms with Crippen molar-refractivity contribution in [3.05, 3.63) is 42.5 Å². The predicted molar refractivity (Wildman–Crippen MR) is 90.0 cm³/mol. The molecule has 0 saturated heterocycles. The molecule has 0 spiro atoms. The van der Waals surface area contributed by atoms with Crippen LogP contribution in [0.15, 0.2) is 42.5 Å². The Balaban J connectivity index is 1.87. The molecule has 0 radical (unpaired) electrons. The lowest BCUT2D eigenvalue weighted by molar-refractivity contribution is -0.150. The summed E-state index contributed by atoms with van der Waals surface area (Å²) in [7, 11) is 1.34. The molecular formula is C19H21NO3. The minimum atomic E-state index is -0.721. The number of hydrogen-bond donors (Lipinski definition) is 1. The third-order valence-electron chi connectivity index (χ3n) is 4.66. The number of amides is 1. The second kappa shape index (κ2) is 6.82. The molecule has 23 heavy (non-hydrogen) atoms. The van der Waals surface area contributed by atoms with E-state index in [1.54, 1.807) is 0 Å². The molecule has 1 amide bonds. The van der Waals surface area contributed by atoms with Crippen molar-refractivity contribution in [2.75, 3.05) is 12.4 Å². The minimum Gasteiger partial charge on any atom is -0.468 e. The van der Waals surface area contributed by atoms with Gasteiger partial charge in [-0.05, 0) is 30.2 Å². The standard InChI is InChI=1S/C19H21NO3/c1-23-19(22)17(14-8-2-3-9-14)18(21)20-16-12-6-10-13-7-4-5-11-15(13)16/h4-7,10-12,14,17H,2-3,8-9H2,1H3,(H,20,21). The van der Waals surface area contributed by atoms with E-state index in [0.717, 1.165) is 42.1 Å². The van der Waals surface area contributed by atoms with E-state index in [1.165, 1.54) is 7.11 Å². The van der Waals surface area contributed by atoms with Gasteiger partial charge in [0.15, 0.2) is 0 Å². The van der Waals surface area contributed by atoms with Crippen LogP contribution in [0.25, 0.3) is 10.8 Å². The third kappa shape index (κ3) is 3.21. The Bertz CT molecular complexity index is 714. The fraction of sp³-hybridized carbons (Fsp3) is 0.368. The lowest BCUT2D eigenvalue weighted by atomic mass is 9.90. The lowest BCUT2D eigenvalue weighted by Gasteiger charge is -2.20. The summed E-state index contributed by atoms with van der Waals surface area (Å²) in [5.41, 5.74) is 0.736. The maximum absolute atomic E-state index is 12.7. The zero-order chi connectivity index (χ0) is 16.2. The molecule has 1 unspecified atom stereocenters. The number of ether oxygens (including phenoxy) is 1. The fourth-order valence-electron chi connectivity index (χ4n) is 3.48. The molecule has 0 heterocycles. The van der Waals surface area contributed by atoms with Crippen LogP contribution in [-0.2, 0) is 14.3 Å². The van der Waals surface area contributed by atoms with Gasteiger partial charge in [-0.2, -0.15) is 0 Å². The van der Waals surface area contributed by atoms with Crippen molar-refractivity contribution in [3.63, 3.8) is 0 Å². The van der Waals surface area contributed by atoms with E-state index in [0.29, 0.717) is 0 Å². The highest BCUT2D eigenvalue weighted by atomic mass is 16.5. The Morgan fingerprint density at radius 1 is 1.09 bits per heavy atom. The fourth-order valence-corrected chi connectivity index (χ4v) is 3.48. The molecule has 1 atom stereocenters. The van der Waals surface area contributed by atoms with Crippen molar-refractivity contribution in [2.45, 2.75) is 25.7 Å². The molecule has 1 N–H and O–H groups in total. The maximum atomic E-state index is 12.7. The molecule has 2 aromatic carbocycles. The summed E-state index contributed by atoms with van der Waals surface area (Å²) < 4.78 is 4.87. The van der Waals surface area contributed by atoms with E-state index in [9.17, 15) is 9.59 Å². The first-order valence-corrected chi connectivity index (χ1v) is 8.07. The molecule has 3 rings (SSSR count). The average molecular weight is 311 g/mol. The van der Waals surface area contributed by atoms with Gasteiger partial charge in [0.1, 0.15) is 5.92 Å². The molecule has 120 valence electrons. The summed E-state index contributed by atoms with van der Waals surface area (Å²) in [6.45, 7) is 0. The normalized spacial score (nSPS) is 16.2. The van der Waals surface area contributed by atoms with Gasteiger partial charge in [-0.1, -0.05) is 49.2 Å². The quantitative estimate of drug-likeness (QED) is 0.691. The molecule has 1 fully saturated rings. The SMILES string of the molecule is COC(=O)C(C(=O)Nc1cccc2ccccc12)C1CCCC1. The van der Waals surface area contributed by atoms with Gasteiger partial charge in [0.05, 0.1) is 7.11 Å². The first-order valence-electron chi connectivity index (χ1n) is 8.07. The van der Waals surface area contributed by atoms with Gasteiger partial charge < -0.3 is 10.1 Å². The van der Waals surface area contributed by atoms with Crippen LogP contribution in [0.2, 0.25) is 0 Å². The monoisotopic (exact) mass is 311 g/mol. The molecule has 4 nitrogen and oxygen atoms in total. The summed E-state index contributed by atoms with van der Waals surface area (Å²) in [6, 6.07) is 13.6. The van der Waals surface area contributed by atoms with Crippen LogP contribution in [0.4, 0.5) is 5.69 Å². The largest absolute Gasteiger partial charge is 0.468 e. The number of fused-ring (bicyclic) bond motifs is 1. The summed E-state index contributed by atoms with van der Waals surface area (Å²) in [6.07, 6.45) is 3.95. The molecule has 1 aliphatic rings. The van der Waals surface area contributed by atoms with Crippen LogP contribution in [0.1, 0.15) is 25.7 Å². The van der Waals surface area contributed by atoms with Gasteiger partial charge in [0.2, 0.25) is 5.91 Å².